The van der Waals surface area contributed by atoms with Crippen LogP contribution in [0.3, 0.4) is 0 Å². The molecule has 0 amide bonds. The molecule has 1 fully saturated rings. The molecule has 0 bridgehead atoms. The molecule has 0 aliphatic carbocycles. The van der Waals surface area contributed by atoms with E-state index in [0.717, 1.165) is 49.5 Å². The van der Waals surface area contributed by atoms with Crippen molar-refractivity contribution in [1.29, 1.82) is 0 Å². The number of hydrogen-bond acceptors (Lipinski definition) is 4. The topological polar surface area (TPSA) is 49.8 Å². The Labute approximate surface area is 142 Å². The lowest BCUT2D eigenvalue weighted by Gasteiger charge is -2.35. The van der Waals surface area contributed by atoms with Crippen LogP contribution in [0.5, 0.6) is 0 Å². The van der Waals surface area contributed by atoms with Crippen molar-refractivity contribution in [2.45, 2.75) is 6.92 Å². The van der Waals surface area contributed by atoms with Crippen molar-refractivity contribution >= 4 is 16.9 Å². The fourth-order valence-electron chi connectivity index (χ4n) is 3.38. The van der Waals surface area contributed by atoms with Crippen molar-refractivity contribution in [2.24, 2.45) is 0 Å². The van der Waals surface area contributed by atoms with Crippen LogP contribution in [0.2, 0.25) is 0 Å². The third-order valence-electron chi connectivity index (χ3n) is 4.93. The smallest absolute Gasteiger partial charge is 0.0882 e. The monoisotopic (exact) mass is 321 g/mol. The number of hydrogen-bond donors (Lipinski definition) is 1. The molecule has 124 valence electrons. The molecule has 0 spiro atoms. The Kier molecular flexibility index (Phi) is 3.86. The van der Waals surface area contributed by atoms with Gasteiger partial charge in [0.1, 0.15) is 0 Å². The summed E-state index contributed by atoms with van der Waals surface area (Å²) in [5, 5.41) is 4.32. The van der Waals surface area contributed by atoms with E-state index in [1.807, 2.05) is 16.8 Å². The SMILES string of the molecule is CCN1CCN(c2ccc(-c3cc4c(N)ccnn4c3)cc2)CC1. The van der Waals surface area contributed by atoms with Gasteiger partial charge < -0.3 is 15.5 Å². The first kappa shape index (κ1) is 15.0. The van der Waals surface area contributed by atoms with Gasteiger partial charge in [0.15, 0.2) is 0 Å². The summed E-state index contributed by atoms with van der Waals surface area (Å²) >= 11 is 0. The third-order valence-corrected chi connectivity index (χ3v) is 4.93. The molecule has 3 heterocycles. The Morgan fingerprint density at radius 3 is 2.42 bits per heavy atom. The summed E-state index contributed by atoms with van der Waals surface area (Å²) in [6.07, 6.45) is 3.76. The highest BCUT2D eigenvalue weighted by Crippen LogP contribution is 2.27. The summed E-state index contributed by atoms with van der Waals surface area (Å²) in [4.78, 5) is 4.96. The normalized spacial score (nSPS) is 16.0. The lowest BCUT2D eigenvalue weighted by atomic mass is 10.1. The van der Waals surface area contributed by atoms with Gasteiger partial charge in [-0.05, 0) is 36.4 Å². The zero-order valence-corrected chi connectivity index (χ0v) is 14.0. The molecule has 0 atom stereocenters. The number of nitrogens with two attached hydrogens (primary N) is 1. The summed E-state index contributed by atoms with van der Waals surface area (Å²) in [5.74, 6) is 0. The standard InChI is InChI=1S/C19H23N5/c1-2-22-9-11-23(12-10-22)17-5-3-15(4-6-17)16-13-19-18(20)7-8-21-24(19)14-16/h3-8,13-14H,2,9-12,20H2,1H3. The lowest BCUT2D eigenvalue weighted by Crippen LogP contribution is -2.46. The van der Waals surface area contributed by atoms with Gasteiger partial charge in [-0.1, -0.05) is 19.1 Å². The van der Waals surface area contributed by atoms with Gasteiger partial charge >= 0.3 is 0 Å². The molecular formula is C19H23N5. The van der Waals surface area contributed by atoms with Gasteiger partial charge in [-0.2, -0.15) is 5.10 Å². The highest BCUT2D eigenvalue weighted by molar-refractivity contribution is 5.78. The van der Waals surface area contributed by atoms with E-state index in [1.165, 1.54) is 11.3 Å². The van der Waals surface area contributed by atoms with Gasteiger partial charge in [-0.3, -0.25) is 0 Å². The quantitative estimate of drug-likeness (QED) is 0.806. The average Bonchev–Trinajstić information content (AvgIpc) is 3.08. The van der Waals surface area contributed by atoms with Crippen LogP contribution >= 0.6 is 0 Å². The number of likely N-dealkylation sites (N-methyl/N-ethyl adjacent to an activating group) is 1. The molecule has 1 aromatic carbocycles. The van der Waals surface area contributed by atoms with E-state index >= 15 is 0 Å². The molecule has 3 aromatic rings. The number of fused-ring (bicyclic) bond motifs is 1. The third kappa shape index (κ3) is 2.71. The van der Waals surface area contributed by atoms with Crippen LogP contribution in [0.15, 0.2) is 48.8 Å². The molecule has 0 saturated carbocycles. The van der Waals surface area contributed by atoms with Crippen molar-refractivity contribution in [3.8, 4) is 11.1 Å². The van der Waals surface area contributed by atoms with Crippen LogP contribution in [0.1, 0.15) is 6.92 Å². The number of benzene rings is 1. The maximum Gasteiger partial charge on any atom is 0.0882 e. The molecule has 4 rings (SSSR count). The maximum atomic E-state index is 6.02. The van der Waals surface area contributed by atoms with Crippen LogP contribution in [0.4, 0.5) is 11.4 Å². The Morgan fingerprint density at radius 1 is 1.00 bits per heavy atom. The molecule has 2 aromatic heterocycles. The average molecular weight is 321 g/mol. The van der Waals surface area contributed by atoms with E-state index in [-0.39, 0.29) is 0 Å². The van der Waals surface area contributed by atoms with Gasteiger partial charge in [0.25, 0.3) is 0 Å². The van der Waals surface area contributed by atoms with Gasteiger partial charge in [0.2, 0.25) is 0 Å². The summed E-state index contributed by atoms with van der Waals surface area (Å²) in [7, 11) is 0. The van der Waals surface area contributed by atoms with Crippen LogP contribution < -0.4 is 10.6 Å². The summed E-state index contributed by atoms with van der Waals surface area (Å²) < 4.78 is 1.84. The number of aromatic nitrogens is 2. The molecule has 2 N–H and O–H groups in total. The molecular weight excluding hydrogens is 298 g/mol. The molecule has 1 aliphatic rings. The lowest BCUT2D eigenvalue weighted by molar-refractivity contribution is 0.271. The summed E-state index contributed by atoms with van der Waals surface area (Å²) in [5.41, 5.74) is 11.4. The highest BCUT2D eigenvalue weighted by atomic mass is 15.3. The predicted molar refractivity (Wildman–Crippen MR) is 99.4 cm³/mol. The Balaban J connectivity index is 1.56. The van der Waals surface area contributed by atoms with Gasteiger partial charge in [-0.25, -0.2) is 4.52 Å². The summed E-state index contributed by atoms with van der Waals surface area (Å²) in [6.45, 7) is 7.87. The van der Waals surface area contributed by atoms with Crippen molar-refractivity contribution in [3.05, 3.63) is 48.8 Å². The molecule has 5 nitrogen and oxygen atoms in total. The minimum absolute atomic E-state index is 0.752. The van der Waals surface area contributed by atoms with Crippen molar-refractivity contribution in [1.82, 2.24) is 14.5 Å². The Morgan fingerprint density at radius 2 is 1.75 bits per heavy atom. The predicted octanol–water partition coefficient (Wildman–Crippen LogP) is 2.73. The number of nitrogen functional groups attached to an aromatic ring is 1. The first-order valence-corrected chi connectivity index (χ1v) is 8.55. The van der Waals surface area contributed by atoms with Gasteiger partial charge in [0, 0.05) is 49.8 Å². The van der Waals surface area contributed by atoms with Crippen LogP contribution in [0, 0.1) is 0 Å². The molecule has 1 aliphatic heterocycles. The zero-order chi connectivity index (χ0) is 16.5. The molecule has 5 heteroatoms. The van der Waals surface area contributed by atoms with E-state index in [2.05, 4.69) is 52.2 Å². The number of rotatable bonds is 3. The fourth-order valence-corrected chi connectivity index (χ4v) is 3.38. The second-order valence-electron chi connectivity index (χ2n) is 6.31. The number of nitrogens with zero attached hydrogens (tertiary/aromatic N) is 4. The molecule has 1 saturated heterocycles. The van der Waals surface area contributed by atoms with Crippen LogP contribution in [-0.2, 0) is 0 Å². The molecule has 24 heavy (non-hydrogen) atoms. The second-order valence-corrected chi connectivity index (χ2v) is 6.31. The van der Waals surface area contributed by atoms with Gasteiger partial charge in [0.05, 0.1) is 11.2 Å². The molecule has 0 radical (unpaired) electrons. The minimum Gasteiger partial charge on any atom is -0.397 e. The Hall–Kier alpha value is -2.53. The highest BCUT2D eigenvalue weighted by Gasteiger charge is 2.15. The Bertz CT molecular complexity index is 829. The second kappa shape index (κ2) is 6.17. The minimum atomic E-state index is 0.752. The molecule has 0 unspecified atom stereocenters. The van der Waals surface area contributed by atoms with Gasteiger partial charge in [-0.15, -0.1) is 0 Å². The van der Waals surface area contributed by atoms with Crippen LogP contribution in [-0.4, -0.2) is 47.2 Å². The fraction of sp³-hybridized carbons (Fsp3) is 0.316. The number of piperazine rings is 1. The van der Waals surface area contributed by atoms with E-state index in [4.69, 9.17) is 5.73 Å². The van der Waals surface area contributed by atoms with E-state index in [1.54, 1.807) is 6.20 Å². The van der Waals surface area contributed by atoms with Crippen molar-refractivity contribution < 1.29 is 0 Å². The largest absolute Gasteiger partial charge is 0.397 e. The first-order chi connectivity index (χ1) is 11.7. The van der Waals surface area contributed by atoms with Crippen molar-refractivity contribution in [3.63, 3.8) is 0 Å². The first-order valence-electron chi connectivity index (χ1n) is 8.55. The van der Waals surface area contributed by atoms with Crippen LogP contribution in [0.25, 0.3) is 16.6 Å². The number of anilines is 2. The van der Waals surface area contributed by atoms with Crippen molar-refractivity contribution in [2.75, 3.05) is 43.4 Å². The van der Waals surface area contributed by atoms with E-state index < -0.39 is 0 Å². The van der Waals surface area contributed by atoms with E-state index in [0.29, 0.717) is 0 Å². The zero-order valence-electron chi connectivity index (χ0n) is 14.0. The summed E-state index contributed by atoms with van der Waals surface area (Å²) in [6, 6.07) is 12.7. The van der Waals surface area contributed by atoms with E-state index in [9.17, 15) is 0 Å². The maximum absolute atomic E-state index is 6.02.